The molecule has 0 aromatic carbocycles. The van der Waals surface area contributed by atoms with Gasteiger partial charge in [0.15, 0.2) is 5.78 Å². The van der Waals surface area contributed by atoms with Crippen LogP contribution in [0.1, 0.15) is 25.7 Å². The third-order valence-corrected chi connectivity index (χ3v) is 4.04. The summed E-state index contributed by atoms with van der Waals surface area (Å²) in [5.74, 6) is 1.44. The summed E-state index contributed by atoms with van der Waals surface area (Å²) >= 11 is 0. The Labute approximate surface area is 89.0 Å². The smallest absolute Gasteiger partial charge is 0.156 e. The molecule has 15 heavy (non-hydrogen) atoms. The topological polar surface area (TPSA) is 34.1 Å². The van der Waals surface area contributed by atoms with Gasteiger partial charge < -0.3 is 0 Å². The Kier molecular flexibility index (Phi) is 1.91. The molecule has 0 heterocycles. The number of ketones is 2. The molecule has 0 aromatic heterocycles. The van der Waals surface area contributed by atoms with Crippen LogP contribution in [-0.4, -0.2) is 11.6 Å². The molecule has 1 saturated carbocycles. The zero-order valence-electron chi connectivity index (χ0n) is 8.61. The van der Waals surface area contributed by atoms with E-state index in [1.165, 1.54) is 5.57 Å². The molecule has 0 aliphatic heterocycles. The second-order valence-corrected chi connectivity index (χ2v) is 4.84. The van der Waals surface area contributed by atoms with Gasteiger partial charge in [-0.05, 0) is 30.4 Å². The number of carbonyl (C=O) groups excluding carboxylic acids is 2. The third-order valence-electron chi connectivity index (χ3n) is 4.04. The molecule has 2 heteroatoms. The van der Waals surface area contributed by atoms with E-state index in [0.717, 1.165) is 19.3 Å². The first-order chi connectivity index (χ1) is 7.25. The van der Waals surface area contributed by atoms with E-state index in [1.807, 2.05) is 6.08 Å². The fraction of sp³-hybridized carbons (Fsp3) is 0.538. The standard InChI is InChI=1S/C13H14O2/c14-10-5-3-8-1-2-9-4-6-12(15)13(9)11(8)7-10/h1,3,5,9,11,13H,2,4,6-7H2/t9-,11-,13+/m0/s1. The summed E-state index contributed by atoms with van der Waals surface area (Å²) in [7, 11) is 0. The van der Waals surface area contributed by atoms with Crippen LogP contribution in [0.15, 0.2) is 23.8 Å². The van der Waals surface area contributed by atoms with Crippen molar-refractivity contribution in [3.05, 3.63) is 23.8 Å². The first kappa shape index (κ1) is 9.08. The highest BCUT2D eigenvalue weighted by atomic mass is 16.1. The van der Waals surface area contributed by atoms with Crippen molar-refractivity contribution in [1.29, 1.82) is 0 Å². The van der Waals surface area contributed by atoms with Gasteiger partial charge in [0.05, 0.1) is 0 Å². The molecular formula is C13H14O2. The molecule has 0 aromatic rings. The van der Waals surface area contributed by atoms with E-state index in [1.54, 1.807) is 6.08 Å². The van der Waals surface area contributed by atoms with Crippen LogP contribution in [0.2, 0.25) is 0 Å². The Morgan fingerprint density at radius 3 is 2.93 bits per heavy atom. The molecule has 2 nitrogen and oxygen atoms in total. The predicted octanol–water partition coefficient (Wildman–Crippen LogP) is 2.06. The van der Waals surface area contributed by atoms with Crippen LogP contribution >= 0.6 is 0 Å². The van der Waals surface area contributed by atoms with Gasteiger partial charge in [0.1, 0.15) is 5.78 Å². The van der Waals surface area contributed by atoms with Gasteiger partial charge in [0.25, 0.3) is 0 Å². The lowest BCUT2D eigenvalue weighted by Crippen LogP contribution is -2.31. The van der Waals surface area contributed by atoms with Gasteiger partial charge in [0.2, 0.25) is 0 Å². The summed E-state index contributed by atoms with van der Waals surface area (Å²) in [6.45, 7) is 0. The van der Waals surface area contributed by atoms with Crippen LogP contribution < -0.4 is 0 Å². The molecular weight excluding hydrogens is 188 g/mol. The fourth-order valence-electron chi connectivity index (χ4n) is 3.31. The zero-order chi connectivity index (χ0) is 10.4. The number of rotatable bonds is 0. The lowest BCUT2D eigenvalue weighted by atomic mass is 9.69. The number of fused-ring (bicyclic) bond motifs is 3. The number of carbonyl (C=O) groups is 2. The van der Waals surface area contributed by atoms with E-state index in [9.17, 15) is 9.59 Å². The van der Waals surface area contributed by atoms with E-state index in [2.05, 4.69) is 6.08 Å². The number of hydrogen-bond donors (Lipinski definition) is 0. The molecule has 0 unspecified atom stereocenters. The molecule has 3 atom stereocenters. The minimum Gasteiger partial charge on any atom is -0.299 e. The fourth-order valence-corrected chi connectivity index (χ4v) is 3.31. The average Bonchev–Trinajstić information content (AvgIpc) is 2.60. The summed E-state index contributed by atoms with van der Waals surface area (Å²) in [4.78, 5) is 23.2. The van der Waals surface area contributed by atoms with Crippen molar-refractivity contribution in [1.82, 2.24) is 0 Å². The molecule has 1 fully saturated rings. The number of hydrogen-bond acceptors (Lipinski definition) is 2. The van der Waals surface area contributed by atoms with E-state index < -0.39 is 0 Å². The zero-order valence-corrected chi connectivity index (χ0v) is 8.61. The van der Waals surface area contributed by atoms with Gasteiger partial charge in [-0.1, -0.05) is 12.2 Å². The monoisotopic (exact) mass is 202 g/mol. The Morgan fingerprint density at radius 1 is 1.20 bits per heavy atom. The molecule has 3 aliphatic carbocycles. The molecule has 0 N–H and O–H groups in total. The molecule has 0 radical (unpaired) electrons. The van der Waals surface area contributed by atoms with Crippen molar-refractivity contribution >= 4 is 11.6 Å². The Hall–Kier alpha value is -1.18. The van der Waals surface area contributed by atoms with Crippen LogP contribution in [-0.2, 0) is 9.59 Å². The molecule has 0 spiro atoms. The minimum atomic E-state index is 0.152. The van der Waals surface area contributed by atoms with Crippen LogP contribution in [0, 0.1) is 17.8 Å². The maximum Gasteiger partial charge on any atom is 0.156 e. The van der Waals surface area contributed by atoms with Crippen LogP contribution in [0.3, 0.4) is 0 Å². The van der Waals surface area contributed by atoms with E-state index in [0.29, 0.717) is 18.1 Å². The summed E-state index contributed by atoms with van der Waals surface area (Å²) in [5.41, 5.74) is 1.23. The van der Waals surface area contributed by atoms with E-state index in [4.69, 9.17) is 0 Å². The quantitative estimate of drug-likeness (QED) is 0.602. The second kappa shape index (κ2) is 3.16. The molecule has 0 bridgehead atoms. The van der Waals surface area contributed by atoms with Crippen molar-refractivity contribution in [2.75, 3.05) is 0 Å². The Bertz CT molecular complexity index is 389. The van der Waals surface area contributed by atoms with Gasteiger partial charge >= 0.3 is 0 Å². The SMILES string of the molecule is O=C1C=CC2=CC[C@H]3CCC(=O)[C@H]3[C@H]2C1. The average molecular weight is 202 g/mol. The third kappa shape index (κ3) is 1.31. The second-order valence-electron chi connectivity index (χ2n) is 4.84. The normalized spacial score (nSPS) is 38.7. The van der Waals surface area contributed by atoms with Crippen LogP contribution in [0.4, 0.5) is 0 Å². The predicted molar refractivity (Wildman–Crippen MR) is 56.2 cm³/mol. The summed E-state index contributed by atoms with van der Waals surface area (Å²) in [5, 5.41) is 0. The van der Waals surface area contributed by atoms with Gasteiger partial charge in [-0.25, -0.2) is 0 Å². The van der Waals surface area contributed by atoms with Gasteiger partial charge in [-0.2, -0.15) is 0 Å². The minimum absolute atomic E-state index is 0.152. The molecule has 0 saturated heterocycles. The molecule has 3 rings (SSSR count). The highest BCUT2D eigenvalue weighted by Crippen LogP contribution is 2.46. The van der Waals surface area contributed by atoms with Crippen molar-refractivity contribution in [2.45, 2.75) is 25.7 Å². The van der Waals surface area contributed by atoms with E-state index in [-0.39, 0.29) is 17.6 Å². The lowest BCUT2D eigenvalue weighted by molar-refractivity contribution is -0.123. The van der Waals surface area contributed by atoms with Crippen LogP contribution in [0.25, 0.3) is 0 Å². The first-order valence-electron chi connectivity index (χ1n) is 5.69. The van der Waals surface area contributed by atoms with Gasteiger partial charge in [0, 0.05) is 24.7 Å². The number of Topliss-reactive ketones (excluding diaryl/α,β-unsaturated/α-hetero) is 1. The van der Waals surface area contributed by atoms with Crippen molar-refractivity contribution in [2.24, 2.45) is 17.8 Å². The van der Waals surface area contributed by atoms with Gasteiger partial charge in [-0.3, -0.25) is 9.59 Å². The van der Waals surface area contributed by atoms with Crippen molar-refractivity contribution in [3.63, 3.8) is 0 Å². The molecule has 0 amide bonds. The Balaban J connectivity index is 1.99. The molecule has 3 aliphatic rings. The lowest BCUT2D eigenvalue weighted by Gasteiger charge is -2.33. The largest absolute Gasteiger partial charge is 0.299 e. The maximum atomic E-state index is 11.8. The summed E-state index contributed by atoms with van der Waals surface area (Å²) in [6.07, 6.45) is 9.14. The first-order valence-corrected chi connectivity index (χ1v) is 5.69. The summed E-state index contributed by atoms with van der Waals surface area (Å²) in [6, 6.07) is 0. The van der Waals surface area contributed by atoms with Crippen LogP contribution in [0.5, 0.6) is 0 Å². The maximum absolute atomic E-state index is 11.8. The van der Waals surface area contributed by atoms with Crippen molar-refractivity contribution in [3.8, 4) is 0 Å². The van der Waals surface area contributed by atoms with Crippen molar-refractivity contribution < 1.29 is 9.59 Å². The Morgan fingerprint density at radius 2 is 2.07 bits per heavy atom. The highest BCUT2D eigenvalue weighted by molar-refractivity contribution is 5.93. The summed E-state index contributed by atoms with van der Waals surface area (Å²) < 4.78 is 0. The van der Waals surface area contributed by atoms with Gasteiger partial charge in [-0.15, -0.1) is 0 Å². The molecule has 78 valence electrons. The van der Waals surface area contributed by atoms with E-state index >= 15 is 0 Å². The number of allylic oxidation sites excluding steroid dienone is 4. The highest BCUT2D eigenvalue weighted by Gasteiger charge is 2.43.